The van der Waals surface area contributed by atoms with E-state index in [9.17, 15) is 5.21 Å². The quantitative estimate of drug-likeness (QED) is 0.562. The molecule has 1 aliphatic rings. The Balaban J connectivity index is 2.21. The molecule has 0 amide bonds. The Morgan fingerprint density at radius 2 is 1.70 bits per heavy atom. The molecule has 0 saturated heterocycles. The second-order valence-electron chi connectivity index (χ2n) is 6.53. The maximum absolute atomic E-state index is 9.71. The fourth-order valence-electron chi connectivity index (χ4n) is 4.13. The van der Waals surface area contributed by atoms with Crippen LogP contribution >= 0.6 is 0 Å². The third kappa shape index (κ3) is 2.36. The van der Waals surface area contributed by atoms with Gasteiger partial charge in [-0.15, -0.1) is 0 Å². The number of methoxy groups -OCH3 is 3. The molecule has 0 unspecified atom stereocenters. The van der Waals surface area contributed by atoms with Crippen molar-refractivity contribution in [1.82, 2.24) is 4.57 Å². The van der Waals surface area contributed by atoms with E-state index in [1.165, 1.54) is 0 Å². The van der Waals surface area contributed by atoms with Gasteiger partial charge in [0.2, 0.25) is 5.75 Å². The van der Waals surface area contributed by atoms with Crippen LogP contribution in [0, 0.1) is 0 Å². The predicted molar refractivity (Wildman–Crippen MR) is 105 cm³/mol. The lowest BCUT2D eigenvalue weighted by Gasteiger charge is -2.19. The van der Waals surface area contributed by atoms with Gasteiger partial charge in [-0.1, -0.05) is 23.4 Å². The monoisotopic (exact) mass is 366 g/mol. The van der Waals surface area contributed by atoms with E-state index in [-0.39, 0.29) is 0 Å². The van der Waals surface area contributed by atoms with Crippen molar-refractivity contribution in [2.75, 3.05) is 21.3 Å². The van der Waals surface area contributed by atoms with Crippen molar-refractivity contribution in [3.05, 3.63) is 41.6 Å². The summed E-state index contributed by atoms with van der Waals surface area (Å²) in [6, 6.07) is 10.1. The lowest BCUT2D eigenvalue weighted by atomic mass is 9.95. The van der Waals surface area contributed by atoms with Crippen molar-refractivity contribution in [2.24, 2.45) is 12.2 Å². The Kier molecular flexibility index (Phi) is 4.18. The van der Waals surface area contributed by atoms with Gasteiger partial charge in [0.15, 0.2) is 11.5 Å². The van der Waals surface area contributed by atoms with Crippen molar-refractivity contribution < 1.29 is 19.4 Å². The second-order valence-corrected chi connectivity index (χ2v) is 6.53. The molecule has 140 valence electrons. The normalized spacial score (nSPS) is 14.6. The average molecular weight is 366 g/mol. The molecule has 0 radical (unpaired) electrons. The van der Waals surface area contributed by atoms with Crippen LogP contribution in [0.1, 0.15) is 17.7 Å². The predicted octanol–water partition coefficient (Wildman–Crippen LogP) is 4.00. The molecule has 1 aromatic heterocycles. The highest BCUT2D eigenvalue weighted by molar-refractivity contribution is 6.15. The van der Waals surface area contributed by atoms with Gasteiger partial charge in [-0.2, -0.15) is 0 Å². The van der Waals surface area contributed by atoms with Crippen LogP contribution in [0.3, 0.4) is 0 Å². The summed E-state index contributed by atoms with van der Waals surface area (Å²) in [6.07, 6.45) is 1.31. The summed E-state index contributed by atoms with van der Waals surface area (Å²) in [7, 11) is 6.84. The van der Waals surface area contributed by atoms with Crippen molar-refractivity contribution in [3.63, 3.8) is 0 Å². The lowest BCUT2D eigenvalue weighted by molar-refractivity contribution is 0.317. The zero-order valence-corrected chi connectivity index (χ0v) is 15.9. The third-order valence-electron chi connectivity index (χ3n) is 5.29. The number of ether oxygens (including phenoxy) is 3. The first-order valence-corrected chi connectivity index (χ1v) is 8.77. The fraction of sp³-hybridized carbons (Fsp3) is 0.286. The first kappa shape index (κ1) is 17.3. The van der Waals surface area contributed by atoms with E-state index in [1.807, 2.05) is 25.2 Å². The van der Waals surface area contributed by atoms with Crippen LogP contribution in [0.4, 0.5) is 0 Å². The van der Waals surface area contributed by atoms with Gasteiger partial charge in [0.1, 0.15) is 5.71 Å². The highest BCUT2D eigenvalue weighted by Gasteiger charge is 2.31. The summed E-state index contributed by atoms with van der Waals surface area (Å²) < 4.78 is 19.0. The van der Waals surface area contributed by atoms with Crippen molar-refractivity contribution >= 4 is 16.6 Å². The zero-order valence-electron chi connectivity index (χ0n) is 15.9. The first-order chi connectivity index (χ1) is 13.2. The summed E-state index contributed by atoms with van der Waals surface area (Å²) in [5.41, 5.74) is 5.63. The van der Waals surface area contributed by atoms with Gasteiger partial charge in [-0.3, -0.25) is 0 Å². The Morgan fingerprint density at radius 3 is 2.37 bits per heavy atom. The summed E-state index contributed by atoms with van der Waals surface area (Å²) >= 11 is 0. The minimum Gasteiger partial charge on any atom is -0.493 e. The summed E-state index contributed by atoms with van der Waals surface area (Å²) in [6.45, 7) is 0. The van der Waals surface area contributed by atoms with Gasteiger partial charge in [0.05, 0.1) is 27.0 Å². The number of fused-ring (bicyclic) bond motifs is 5. The first-order valence-electron chi connectivity index (χ1n) is 8.77. The molecular weight excluding hydrogens is 344 g/mol. The topological polar surface area (TPSA) is 65.2 Å². The van der Waals surface area contributed by atoms with Crippen LogP contribution in [-0.2, 0) is 13.5 Å². The van der Waals surface area contributed by atoms with E-state index in [2.05, 4.69) is 21.9 Å². The molecule has 0 saturated carbocycles. The third-order valence-corrected chi connectivity index (χ3v) is 5.29. The summed E-state index contributed by atoms with van der Waals surface area (Å²) in [5.74, 6) is 1.81. The molecule has 1 N–H and O–H groups in total. The number of aryl methyl sites for hydroxylation is 2. The average Bonchev–Trinajstić information content (AvgIpc) is 2.89. The summed E-state index contributed by atoms with van der Waals surface area (Å²) in [5, 5.41) is 14.4. The molecule has 0 bridgehead atoms. The van der Waals surface area contributed by atoms with Gasteiger partial charge in [-0.05, 0) is 30.5 Å². The molecule has 6 heteroatoms. The molecule has 1 aliphatic carbocycles. The highest BCUT2D eigenvalue weighted by Crippen LogP contribution is 2.51. The van der Waals surface area contributed by atoms with Crippen LogP contribution in [0.2, 0.25) is 0 Å². The molecule has 2 aromatic carbocycles. The molecule has 0 atom stereocenters. The van der Waals surface area contributed by atoms with E-state index in [0.29, 0.717) is 35.8 Å². The Bertz CT molecular complexity index is 1070. The second kappa shape index (κ2) is 6.54. The summed E-state index contributed by atoms with van der Waals surface area (Å²) in [4.78, 5) is 0. The van der Waals surface area contributed by atoms with E-state index < -0.39 is 0 Å². The maximum Gasteiger partial charge on any atom is 0.203 e. The van der Waals surface area contributed by atoms with Crippen LogP contribution in [0.15, 0.2) is 35.5 Å². The molecule has 0 fully saturated rings. The number of para-hydroxylation sites is 1. The highest BCUT2D eigenvalue weighted by atomic mass is 16.5. The lowest BCUT2D eigenvalue weighted by Crippen LogP contribution is -2.07. The van der Waals surface area contributed by atoms with Crippen molar-refractivity contribution in [3.8, 4) is 28.4 Å². The molecule has 0 aliphatic heterocycles. The smallest absolute Gasteiger partial charge is 0.203 e. The van der Waals surface area contributed by atoms with Gasteiger partial charge < -0.3 is 24.0 Å². The van der Waals surface area contributed by atoms with Crippen molar-refractivity contribution in [2.45, 2.75) is 12.8 Å². The molecule has 27 heavy (non-hydrogen) atoms. The van der Waals surface area contributed by atoms with E-state index in [0.717, 1.165) is 33.3 Å². The molecular formula is C21H22N2O4. The Hall–Kier alpha value is -3.15. The van der Waals surface area contributed by atoms with Crippen LogP contribution < -0.4 is 14.2 Å². The number of oxime groups is 1. The van der Waals surface area contributed by atoms with Gasteiger partial charge >= 0.3 is 0 Å². The maximum atomic E-state index is 9.71. The molecule has 3 aromatic rings. The van der Waals surface area contributed by atoms with E-state index in [4.69, 9.17) is 14.2 Å². The van der Waals surface area contributed by atoms with E-state index >= 15 is 0 Å². The molecule has 4 rings (SSSR count). The number of benzene rings is 2. The molecule has 6 nitrogen and oxygen atoms in total. The van der Waals surface area contributed by atoms with Crippen LogP contribution in [0.25, 0.3) is 22.0 Å². The standard InChI is InChI=1S/C21H22N2O4/c1-23-15-8-6-5-7-13(15)18-17-12(9-10-14(22-24)19(18)23)11-16(25-2)20(26-3)21(17)27-4/h5-8,11,24H,9-10H2,1-4H3/b22-14+. The SMILES string of the molecule is COc1cc2c(c(OC)c1OC)-c1c(n(C)c3ccccc13)/C(=N/O)CC2. The number of nitrogens with zero attached hydrogens (tertiary/aromatic N) is 2. The van der Waals surface area contributed by atoms with Gasteiger partial charge in [0, 0.05) is 29.1 Å². The minimum absolute atomic E-state index is 0.557. The molecule has 0 spiro atoms. The van der Waals surface area contributed by atoms with Gasteiger partial charge in [-0.25, -0.2) is 0 Å². The number of aromatic nitrogens is 1. The molecule has 1 heterocycles. The number of hydrogen-bond acceptors (Lipinski definition) is 5. The van der Waals surface area contributed by atoms with Crippen LogP contribution in [-0.4, -0.2) is 36.8 Å². The number of hydrogen-bond donors (Lipinski definition) is 1. The van der Waals surface area contributed by atoms with Crippen LogP contribution in [0.5, 0.6) is 17.2 Å². The zero-order chi connectivity index (χ0) is 19.1. The van der Waals surface area contributed by atoms with Gasteiger partial charge in [0.25, 0.3) is 0 Å². The number of rotatable bonds is 3. The van der Waals surface area contributed by atoms with Crippen molar-refractivity contribution in [1.29, 1.82) is 0 Å². The fourth-order valence-corrected chi connectivity index (χ4v) is 4.13. The Morgan fingerprint density at radius 1 is 0.963 bits per heavy atom. The Labute approximate surface area is 157 Å². The minimum atomic E-state index is 0.557. The largest absolute Gasteiger partial charge is 0.493 e. The van der Waals surface area contributed by atoms with E-state index in [1.54, 1.807) is 21.3 Å².